The number of hydrogen-bond donors (Lipinski definition) is 2. The van der Waals surface area contributed by atoms with E-state index in [-0.39, 0.29) is 11.9 Å². The molecule has 0 saturated carbocycles. The summed E-state index contributed by atoms with van der Waals surface area (Å²) in [5.41, 5.74) is 1.93. The Balaban J connectivity index is 2.42. The predicted molar refractivity (Wildman–Crippen MR) is 86.5 cm³/mol. The molecule has 1 rings (SSSR count). The van der Waals surface area contributed by atoms with E-state index < -0.39 is 0 Å². The zero-order valence-electron chi connectivity index (χ0n) is 13.5. The molecule has 0 aliphatic rings. The molecule has 0 radical (unpaired) electrons. The van der Waals surface area contributed by atoms with Gasteiger partial charge in [0.1, 0.15) is 0 Å². The Labute approximate surface area is 132 Å². The van der Waals surface area contributed by atoms with E-state index in [0.717, 1.165) is 35.8 Å². The highest BCUT2D eigenvalue weighted by atomic mass is 35.5. The van der Waals surface area contributed by atoms with Crippen molar-refractivity contribution in [2.75, 3.05) is 6.54 Å². The van der Waals surface area contributed by atoms with Gasteiger partial charge in [-0.05, 0) is 26.7 Å². The van der Waals surface area contributed by atoms with Crippen LogP contribution < -0.4 is 10.6 Å². The summed E-state index contributed by atoms with van der Waals surface area (Å²) in [5, 5.41) is 11.4. The van der Waals surface area contributed by atoms with Crippen molar-refractivity contribution < 1.29 is 4.79 Å². The molecule has 2 N–H and O–H groups in total. The number of aromatic nitrogens is 2. The fourth-order valence-corrected chi connectivity index (χ4v) is 2.38. The lowest BCUT2D eigenvalue weighted by Gasteiger charge is -2.11. The van der Waals surface area contributed by atoms with Crippen molar-refractivity contribution in [3.8, 4) is 0 Å². The molecule has 0 saturated heterocycles. The van der Waals surface area contributed by atoms with Crippen molar-refractivity contribution in [3.05, 3.63) is 16.4 Å². The van der Waals surface area contributed by atoms with Crippen LogP contribution in [0, 0.1) is 0 Å². The molecule has 1 unspecified atom stereocenters. The van der Waals surface area contributed by atoms with E-state index in [2.05, 4.69) is 22.7 Å². The van der Waals surface area contributed by atoms with E-state index in [1.54, 1.807) is 0 Å². The number of hydrogen-bond acceptors (Lipinski definition) is 3. The maximum Gasteiger partial charge on any atom is 0.221 e. The van der Waals surface area contributed by atoms with Crippen molar-refractivity contribution in [2.24, 2.45) is 0 Å². The zero-order valence-corrected chi connectivity index (χ0v) is 14.3. The molecular weight excluding hydrogens is 288 g/mol. The minimum absolute atomic E-state index is 0.0844. The molecule has 1 heterocycles. The summed E-state index contributed by atoms with van der Waals surface area (Å²) in [4.78, 5) is 11.7. The molecule has 1 aromatic heterocycles. The highest BCUT2D eigenvalue weighted by Gasteiger charge is 2.13. The average Bonchev–Trinajstić information content (AvgIpc) is 2.79. The molecule has 0 bridgehead atoms. The van der Waals surface area contributed by atoms with Crippen LogP contribution in [0.15, 0.2) is 0 Å². The molecular formula is C15H27ClN4O. The third-order valence-electron chi connectivity index (χ3n) is 3.54. The maximum atomic E-state index is 11.7. The van der Waals surface area contributed by atoms with Crippen LogP contribution in [-0.4, -0.2) is 28.3 Å². The van der Waals surface area contributed by atoms with Gasteiger partial charge in [-0.25, -0.2) is 0 Å². The van der Waals surface area contributed by atoms with Crippen LogP contribution in [0.5, 0.6) is 0 Å². The smallest absolute Gasteiger partial charge is 0.221 e. The molecule has 0 spiro atoms. The van der Waals surface area contributed by atoms with Crippen molar-refractivity contribution in [1.82, 2.24) is 20.4 Å². The van der Waals surface area contributed by atoms with Crippen molar-refractivity contribution in [1.29, 1.82) is 0 Å². The molecule has 6 heteroatoms. The van der Waals surface area contributed by atoms with Crippen LogP contribution in [0.4, 0.5) is 0 Å². The highest BCUT2D eigenvalue weighted by molar-refractivity contribution is 6.31. The number of carbonyl (C=O) groups is 1. The topological polar surface area (TPSA) is 59.0 Å². The van der Waals surface area contributed by atoms with Gasteiger partial charge in [0.05, 0.1) is 16.4 Å². The lowest BCUT2D eigenvalue weighted by atomic mass is 10.2. The Hall–Kier alpha value is -1.07. The van der Waals surface area contributed by atoms with Gasteiger partial charge in [-0.3, -0.25) is 9.48 Å². The summed E-state index contributed by atoms with van der Waals surface area (Å²) in [7, 11) is 0. The summed E-state index contributed by atoms with van der Waals surface area (Å²) in [5.74, 6) is 0.0844. The molecule has 0 fully saturated rings. The Morgan fingerprint density at radius 1 is 1.38 bits per heavy atom. The Morgan fingerprint density at radius 2 is 2.10 bits per heavy atom. The van der Waals surface area contributed by atoms with Crippen LogP contribution in [0.1, 0.15) is 51.9 Å². The second-order valence-electron chi connectivity index (χ2n) is 5.18. The van der Waals surface area contributed by atoms with E-state index in [0.29, 0.717) is 19.5 Å². The number of halogens is 1. The fraction of sp³-hybridized carbons (Fsp3) is 0.733. The van der Waals surface area contributed by atoms with Crippen LogP contribution in [0.2, 0.25) is 5.02 Å². The first-order chi connectivity index (χ1) is 10.0. The lowest BCUT2D eigenvalue weighted by molar-refractivity contribution is -0.121. The summed E-state index contributed by atoms with van der Waals surface area (Å²) in [6.07, 6.45) is 2.25. The van der Waals surface area contributed by atoms with Gasteiger partial charge in [0, 0.05) is 32.1 Å². The minimum Gasteiger partial charge on any atom is -0.354 e. The van der Waals surface area contributed by atoms with Gasteiger partial charge in [0.25, 0.3) is 0 Å². The zero-order chi connectivity index (χ0) is 15.8. The molecule has 120 valence electrons. The van der Waals surface area contributed by atoms with Gasteiger partial charge < -0.3 is 10.6 Å². The Kier molecular flexibility index (Phi) is 7.75. The molecule has 0 aliphatic heterocycles. The van der Waals surface area contributed by atoms with Crippen molar-refractivity contribution in [3.63, 3.8) is 0 Å². The molecule has 5 nitrogen and oxygen atoms in total. The van der Waals surface area contributed by atoms with E-state index >= 15 is 0 Å². The van der Waals surface area contributed by atoms with Crippen LogP contribution >= 0.6 is 11.6 Å². The quantitative estimate of drug-likeness (QED) is 0.689. The maximum absolute atomic E-state index is 11.7. The van der Waals surface area contributed by atoms with Gasteiger partial charge in [-0.2, -0.15) is 5.10 Å². The molecule has 21 heavy (non-hydrogen) atoms. The number of nitrogens with one attached hydrogen (secondary N) is 2. The lowest BCUT2D eigenvalue weighted by Crippen LogP contribution is -2.34. The Bertz CT molecular complexity index is 459. The predicted octanol–water partition coefficient (Wildman–Crippen LogP) is 2.51. The van der Waals surface area contributed by atoms with Gasteiger partial charge in [0.15, 0.2) is 0 Å². The van der Waals surface area contributed by atoms with E-state index in [4.69, 9.17) is 11.6 Å². The van der Waals surface area contributed by atoms with Crippen LogP contribution in [-0.2, 0) is 24.3 Å². The molecule has 1 atom stereocenters. The van der Waals surface area contributed by atoms with Crippen molar-refractivity contribution in [2.45, 2.75) is 66.1 Å². The largest absolute Gasteiger partial charge is 0.354 e. The average molecular weight is 315 g/mol. The molecule has 0 aliphatic carbocycles. The number of amides is 1. The third-order valence-corrected chi connectivity index (χ3v) is 3.97. The first-order valence-corrected chi connectivity index (χ1v) is 8.15. The van der Waals surface area contributed by atoms with Gasteiger partial charge in [-0.1, -0.05) is 25.4 Å². The number of nitrogens with zero attached hydrogens (tertiary/aromatic N) is 2. The van der Waals surface area contributed by atoms with E-state index in [1.807, 2.05) is 25.5 Å². The molecule has 1 amide bonds. The monoisotopic (exact) mass is 314 g/mol. The summed E-state index contributed by atoms with van der Waals surface area (Å²) in [6, 6.07) is 0.237. The highest BCUT2D eigenvalue weighted by Crippen LogP contribution is 2.21. The minimum atomic E-state index is 0.0844. The van der Waals surface area contributed by atoms with Gasteiger partial charge in [0.2, 0.25) is 5.91 Å². The van der Waals surface area contributed by atoms with Crippen molar-refractivity contribution >= 4 is 17.5 Å². The first kappa shape index (κ1) is 18.0. The van der Waals surface area contributed by atoms with Gasteiger partial charge in [-0.15, -0.1) is 0 Å². The second kappa shape index (κ2) is 9.05. The Morgan fingerprint density at radius 3 is 2.67 bits per heavy atom. The molecule has 1 aromatic rings. The van der Waals surface area contributed by atoms with Crippen LogP contribution in [0.3, 0.4) is 0 Å². The fourth-order valence-electron chi connectivity index (χ4n) is 2.04. The summed E-state index contributed by atoms with van der Waals surface area (Å²) in [6.45, 7) is 10.2. The second-order valence-corrected chi connectivity index (χ2v) is 5.56. The summed E-state index contributed by atoms with van der Waals surface area (Å²) < 4.78 is 1.92. The van der Waals surface area contributed by atoms with Gasteiger partial charge >= 0.3 is 0 Å². The van der Waals surface area contributed by atoms with E-state index in [1.165, 1.54) is 0 Å². The molecule has 0 aromatic carbocycles. The number of aryl methyl sites for hydroxylation is 2. The van der Waals surface area contributed by atoms with E-state index in [9.17, 15) is 4.79 Å². The SMILES string of the molecule is CCc1nn(CC)c(CNCCC(=O)NC(C)CC)c1Cl. The standard InChI is InChI=1S/C15H27ClN4O/c1-5-11(4)18-14(21)8-9-17-10-13-15(16)12(6-2)19-20(13)7-3/h11,17H,5-10H2,1-4H3,(H,18,21). The summed E-state index contributed by atoms with van der Waals surface area (Å²) >= 11 is 6.33. The van der Waals surface area contributed by atoms with Crippen LogP contribution in [0.25, 0.3) is 0 Å². The number of rotatable bonds is 9. The third kappa shape index (κ3) is 5.32. The first-order valence-electron chi connectivity index (χ1n) is 7.77. The normalized spacial score (nSPS) is 12.4. The number of carbonyl (C=O) groups excluding carboxylic acids is 1.